The van der Waals surface area contributed by atoms with Gasteiger partial charge in [-0.15, -0.1) is 0 Å². The highest BCUT2D eigenvalue weighted by atomic mass is 32.2. The fourth-order valence-electron chi connectivity index (χ4n) is 3.08. The zero-order valence-electron chi connectivity index (χ0n) is 18.0. The predicted octanol–water partition coefficient (Wildman–Crippen LogP) is 1.32. The van der Waals surface area contributed by atoms with Crippen LogP contribution in [0.2, 0.25) is 0 Å². The van der Waals surface area contributed by atoms with Gasteiger partial charge < -0.3 is 15.4 Å². The number of benzene rings is 1. The fourth-order valence-corrected chi connectivity index (χ4v) is 3.57. The molecule has 1 aliphatic heterocycles. The molecule has 1 aliphatic rings. The third-order valence-electron chi connectivity index (χ3n) is 4.82. The summed E-state index contributed by atoms with van der Waals surface area (Å²) in [5, 5.41) is 5.94. The molecule has 0 radical (unpaired) electrons. The monoisotopic (exact) mass is 461 g/mol. The Morgan fingerprint density at radius 2 is 1.90 bits per heavy atom. The molecule has 0 aromatic heterocycles. The lowest BCUT2D eigenvalue weighted by atomic mass is 9.93. The number of ether oxygens (including phenoxy) is 1. The number of nitrogens with one attached hydrogen (secondary N) is 3. The van der Waals surface area contributed by atoms with Crippen LogP contribution in [0.5, 0.6) is 0 Å². The summed E-state index contributed by atoms with van der Waals surface area (Å²) in [7, 11) is -3.33. The lowest BCUT2D eigenvalue weighted by molar-refractivity contribution is -0.161. The molecule has 1 unspecified atom stereocenters. The van der Waals surface area contributed by atoms with E-state index in [4.69, 9.17) is 4.74 Å². The maximum atomic E-state index is 13.5. The number of hydrogen-bond acceptors (Lipinski definition) is 6. The molecule has 174 valence electrons. The van der Waals surface area contributed by atoms with E-state index in [1.165, 1.54) is 6.07 Å². The molecule has 0 spiro atoms. The van der Waals surface area contributed by atoms with E-state index in [9.17, 15) is 26.8 Å². The molecule has 0 aliphatic carbocycles. The molecule has 0 saturated carbocycles. The molecule has 11 heteroatoms. The van der Waals surface area contributed by atoms with Gasteiger partial charge in [0.25, 0.3) is 5.91 Å². The molecular weight excluding hydrogens is 432 g/mol. The van der Waals surface area contributed by atoms with Crippen molar-refractivity contribution in [1.29, 1.82) is 0 Å². The first-order chi connectivity index (χ1) is 14.3. The van der Waals surface area contributed by atoms with Gasteiger partial charge in [0.15, 0.2) is 11.6 Å². The van der Waals surface area contributed by atoms with E-state index in [0.717, 1.165) is 18.4 Å². The van der Waals surface area contributed by atoms with Crippen molar-refractivity contribution in [1.82, 2.24) is 15.4 Å². The van der Waals surface area contributed by atoms with Crippen molar-refractivity contribution in [2.75, 3.05) is 19.3 Å². The topological polar surface area (TPSA) is 114 Å². The summed E-state index contributed by atoms with van der Waals surface area (Å²) in [5.74, 6) is -3.27. The molecule has 1 aromatic carbocycles. The van der Waals surface area contributed by atoms with E-state index < -0.39 is 51.1 Å². The van der Waals surface area contributed by atoms with Gasteiger partial charge in [-0.3, -0.25) is 9.59 Å². The lowest BCUT2D eigenvalue weighted by Gasteiger charge is -2.38. The van der Waals surface area contributed by atoms with Crippen LogP contribution < -0.4 is 15.4 Å². The molecule has 1 aromatic rings. The number of sulfonamides is 1. The van der Waals surface area contributed by atoms with Crippen molar-refractivity contribution in [3.63, 3.8) is 0 Å². The molecular formula is C20H29F2N3O5S. The molecule has 3 N–H and O–H groups in total. The van der Waals surface area contributed by atoms with Gasteiger partial charge in [-0.1, -0.05) is 0 Å². The van der Waals surface area contributed by atoms with Gasteiger partial charge in [-0.05, 0) is 51.8 Å². The number of carbonyl (C=O) groups is 2. The minimum atomic E-state index is -3.33. The number of carbonyl (C=O) groups excluding carboxylic acids is 2. The Labute approximate surface area is 181 Å². The van der Waals surface area contributed by atoms with Crippen molar-refractivity contribution in [2.24, 2.45) is 5.41 Å². The molecule has 1 saturated heterocycles. The summed E-state index contributed by atoms with van der Waals surface area (Å²) in [4.78, 5) is 25.0. The largest absolute Gasteiger partial charge is 0.458 e. The predicted molar refractivity (Wildman–Crippen MR) is 111 cm³/mol. The second-order valence-corrected chi connectivity index (χ2v) is 10.5. The van der Waals surface area contributed by atoms with Gasteiger partial charge in [-0.25, -0.2) is 21.9 Å². The van der Waals surface area contributed by atoms with E-state index in [-0.39, 0.29) is 24.7 Å². The smallest absolute Gasteiger partial charge is 0.311 e. The van der Waals surface area contributed by atoms with E-state index in [1.807, 2.05) is 0 Å². The molecule has 8 nitrogen and oxygen atoms in total. The fraction of sp³-hybridized carbons (Fsp3) is 0.600. The Morgan fingerprint density at radius 1 is 1.23 bits per heavy atom. The standard InChI is InChI=1S/C20H29F2N3O5S/c1-20(2,3)19(27)30-17-11-23-13(7-8-24-31(4,28)29)10-16(17)25-18(26)12-5-6-14(21)15(22)9-12/h5-6,9,13,16-17,23-24H,7-8,10-11H2,1-4H3,(H,25,26)/t13?,16-,17-/m0/s1. The minimum Gasteiger partial charge on any atom is -0.458 e. The van der Waals surface area contributed by atoms with Gasteiger partial charge in [-0.2, -0.15) is 0 Å². The zero-order valence-corrected chi connectivity index (χ0v) is 18.8. The SMILES string of the molecule is CC(C)(C)C(=O)O[C@H]1CNC(CCNS(C)(=O)=O)C[C@@H]1NC(=O)c1ccc(F)c(F)c1. The highest BCUT2D eigenvalue weighted by molar-refractivity contribution is 7.88. The number of amides is 1. The first kappa shape index (κ1) is 25.2. The van der Waals surface area contributed by atoms with E-state index in [1.54, 1.807) is 20.8 Å². The average Bonchev–Trinajstić information content (AvgIpc) is 2.64. The van der Waals surface area contributed by atoms with Gasteiger partial charge in [0.1, 0.15) is 6.10 Å². The Hall–Kier alpha value is -2.11. The minimum absolute atomic E-state index is 0.0615. The summed E-state index contributed by atoms with van der Waals surface area (Å²) in [6, 6.07) is 2.07. The summed E-state index contributed by atoms with van der Waals surface area (Å²) >= 11 is 0. The van der Waals surface area contributed by atoms with Gasteiger partial charge in [0.2, 0.25) is 10.0 Å². The molecule has 2 rings (SSSR count). The van der Waals surface area contributed by atoms with Crippen molar-refractivity contribution in [2.45, 2.75) is 51.8 Å². The molecule has 1 heterocycles. The number of rotatable bonds is 7. The van der Waals surface area contributed by atoms with Crippen molar-refractivity contribution in [3.8, 4) is 0 Å². The second-order valence-electron chi connectivity index (χ2n) is 8.70. The lowest BCUT2D eigenvalue weighted by Crippen LogP contribution is -2.58. The first-order valence-corrected chi connectivity index (χ1v) is 11.8. The van der Waals surface area contributed by atoms with Crippen LogP contribution >= 0.6 is 0 Å². The number of esters is 1. The first-order valence-electron chi connectivity index (χ1n) is 9.91. The Morgan fingerprint density at radius 3 is 2.48 bits per heavy atom. The normalized spacial score (nSPS) is 22.1. The van der Waals surface area contributed by atoms with Crippen LogP contribution in [-0.2, 0) is 19.6 Å². The van der Waals surface area contributed by atoms with Crippen LogP contribution in [0.25, 0.3) is 0 Å². The van der Waals surface area contributed by atoms with Crippen LogP contribution in [0, 0.1) is 17.0 Å². The summed E-state index contributed by atoms with van der Waals surface area (Å²) in [6.45, 7) is 5.57. The maximum Gasteiger partial charge on any atom is 0.311 e. The highest BCUT2D eigenvalue weighted by Gasteiger charge is 2.36. The molecule has 3 atom stereocenters. The van der Waals surface area contributed by atoms with Crippen LogP contribution in [0.4, 0.5) is 8.78 Å². The van der Waals surface area contributed by atoms with E-state index in [0.29, 0.717) is 12.8 Å². The quantitative estimate of drug-likeness (QED) is 0.528. The van der Waals surface area contributed by atoms with Crippen LogP contribution in [0.15, 0.2) is 18.2 Å². The van der Waals surface area contributed by atoms with Crippen LogP contribution in [-0.4, -0.2) is 57.8 Å². The Balaban J connectivity index is 2.11. The van der Waals surface area contributed by atoms with Crippen molar-refractivity contribution in [3.05, 3.63) is 35.4 Å². The maximum absolute atomic E-state index is 13.5. The zero-order chi connectivity index (χ0) is 23.4. The highest BCUT2D eigenvalue weighted by Crippen LogP contribution is 2.21. The Kier molecular flexibility index (Phi) is 8.12. The summed E-state index contributed by atoms with van der Waals surface area (Å²) in [6.07, 6.45) is 1.18. The van der Waals surface area contributed by atoms with Crippen LogP contribution in [0.1, 0.15) is 44.0 Å². The molecule has 31 heavy (non-hydrogen) atoms. The van der Waals surface area contributed by atoms with E-state index >= 15 is 0 Å². The van der Waals surface area contributed by atoms with Crippen molar-refractivity contribution < 1.29 is 31.5 Å². The molecule has 1 fully saturated rings. The van der Waals surface area contributed by atoms with Crippen molar-refractivity contribution >= 4 is 21.9 Å². The third-order valence-corrected chi connectivity index (χ3v) is 5.55. The average molecular weight is 462 g/mol. The summed E-state index contributed by atoms with van der Waals surface area (Å²) in [5.41, 5.74) is -0.807. The van der Waals surface area contributed by atoms with Gasteiger partial charge in [0.05, 0.1) is 17.7 Å². The van der Waals surface area contributed by atoms with Crippen LogP contribution in [0.3, 0.4) is 0 Å². The summed E-state index contributed by atoms with van der Waals surface area (Å²) < 4.78 is 57.2. The molecule has 0 bridgehead atoms. The third kappa shape index (κ3) is 7.82. The number of hydrogen-bond donors (Lipinski definition) is 3. The second kappa shape index (κ2) is 10.0. The Bertz CT molecular complexity index is 918. The number of piperidine rings is 1. The van der Waals surface area contributed by atoms with E-state index in [2.05, 4.69) is 15.4 Å². The molecule has 1 amide bonds. The number of halogens is 2. The van der Waals surface area contributed by atoms with Gasteiger partial charge in [0, 0.05) is 24.7 Å². The van der Waals surface area contributed by atoms with Gasteiger partial charge >= 0.3 is 5.97 Å².